The van der Waals surface area contributed by atoms with Crippen molar-refractivity contribution in [3.05, 3.63) is 53.8 Å². The zero-order valence-electron chi connectivity index (χ0n) is 11.7. The average Bonchev–Trinajstić information content (AvgIpc) is 3.02. The van der Waals surface area contributed by atoms with Crippen LogP contribution in [0.1, 0.15) is 21.9 Å². The van der Waals surface area contributed by atoms with Gasteiger partial charge in [0, 0.05) is 25.6 Å². The summed E-state index contributed by atoms with van der Waals surface area (Å²) in [6.07, 6.45) is 4.95. The smallest absolute Gasteiger partial charge is 0.275 e. The van der Waals surface area contributed by atoms with Gasteiger partial charge in [0.25, 0.3) is 5.91 Å². The molecule has 3 aromatic rings. The predicted octanol–water partition coefficient (Wildman–Crippen LogP) is 1.45. The molecule has 3 heterocycles. The number of aryl methyl sites for hydroxylation is 2. The lowest BCUT2D eigenvalue weighted by atomic mass is 10.3. The highest BCUT2D eigenvalue weighted by Gasteiger charge is 2.19. The summed E-state index contributed by atoms with van der Waals surface area (Å²) in [6, 6.07) is 3.53. The van der Waals surface area contributed by atoms with E-state index in [1.54, 1.807) is 29.2 Å². The molecule has 0 atom stereocenters. The van der Waals surface area contributed by atoms with Crippen LogP contribution in [0.25, 0.3) is 5.65 Å². The zero-order chi connectivity index (χ0) is 15.0. The third kappa shape index (κ3) is 2.26. The van der Waals surface area contributed by atoms with Crippen LogP contribution in [-0.4, -0.2) is 24.8 Å². The van der Waals surface area contributed by atoms with E-state index in [1.807, 2.05) is 20.0 Å². The quantitative estimate of drug-likeness (QED) is 0.793. The number of rotatable bonds is 3. The normalized spacial score (nSPS) is 11.0. The minimum Gasteiger partial charge on any atom is -0.343 e. The van der Waals surface area contributed by atoms with E-state index in [-0.39, 0.29) is 12.2 Å². The van der Waals surface area contributed by atoms with Gasteiger partial charge in [-0.25, -0.2) is 9.97 Å². The molecule has 21 heavy (non-hydrogen) atoms. The summed E-state index contributed by atoms with van der Waals surface area (Å²) in [5.74, 6) is -0.534. The number of amides is 1. The fraction of sp³-hybridized carbons (Fsp3) is 0.214. The van der Waals surface area contributed by atoms with Gasteiger partial charge in [-0.05, 0) is 18.6 Å². The molecule has 0 aliphatic heterocycles. The second kappa shape index (κ2) is 5.01. The van der Waals surface area contributed by atoms with Crippen molar-refractivity contribution in [2.24, 2.45) is 7.05 Å². The molecular weight excluding hydrogens is 273 g/mol. The van der Waals surface area contributed by atoms with E-state index in [0.29, 0.717) is 11.5 Å². The molecule has 0 spiro atoms. The molecule has 0 saturated heterocycles. The van der Waals surface area contributed by atoms with Gasteiger partial charge in [0.15, 0.2) is 5.69 Å². The topological polar surface area (TPSA) is 64.2 Å². The number of hydrogen-bond donors (Lipinski definition) is 1. The van der Waals surface area contributed by atoms with Gasteiger partial charge in [0.05, 0.1) is 6.54 Å². The van der Waals surface area contributed by atoms with E-state index in [0.717, 1.165) is 5.56 Å². The third-order valence-corrected chi connectivity index (χ3v) is 3.33. The molecule has 0 bridgehead atoms. The molecule has 108 valence electrons. The van der Waals surface area contributed by atoms with Gasteiger partial charge in [-0.15, -0.1) is 0 Å². The molecule has 0 unspecified atom stereocenters. The predicted molar refractivity (Wildman–Crippen MR) is 74.3 cm³/mol. The van der Waals surface area contributed by atoms with Crippen molar-refractivity contribution in [3.8, 4) is 0 Å². The van der Waals surface area contributed by atoms with Gasteiger partial charge < -0.3 is 9.88 Å². The standard InChI is InChI=1S/C14H14FN5O/c1-9-4-3-6-20-12(15)11(18-13(9)20)14(21)17-8-10-16-5-7-19(10)2/h3-7H,8H2,1-2H3,(H,17,21). The van der Waals surface area contributed by atoms with Crippen molar-refractivity contribution in [3.63, 3.8) is 0 Å². The summed E-state index contributed by atoms with van der Waals surface area (Å²) in [7, 11) is 1.82. The summed E-state index contributed by atoms with van der Waals surface area (Å²) in [4.78, 5) is 20.3. The second-order valence-electron chi connectivity index (χ2n) is 4.77. The highest BCUT2D eigenvalue weighted by Crippen LogP contribution is 2.14. The summed E-state index contributed by atoms with van der Waals surface area (Å²) >= 11 is 0. The van der Waals surface area contributed by atoms with Crippen LogP contribution in [0.2, 0.25) is 0 Å². The van der Waals surface area contributed by atoms with Crippen molar-refractivity contribution < 1.29 is 9.18 Å². The molecule has 0 radical (unpaired) electrons. The average molecular weight is 287 g/mol. The SMILES string of the molecule is Cc1cccn2c(F)c(C(=O)NCc3nccn3C)nc12. The summed E-state index contributed by atoms with van der Waals surface area (Å²) < 4.78 is 17.3. The number of pyridine rings is 1. The zero-order valence-corrected chi connectivity index (χ0v) is 11.7. The van der Waals surface area contributed by atoms with E-state index in [2.05, 4.69) is 15.3 Å². The molecule has 0 fully saturated rings. The largest absolute Gasteiger partial charge is 0.343 e. The lowest BCUT2D eigenvalue weighted by Crippen LogP contribution is -2.25. The first kappa shape index (κ1) is 13.3. The van der Waals surface area contributed by atoms with Crippen molar-refractivity contribution in [1.29, 1.82) is 0 Å². The van der Waals surface area contributed by atoms with E-state index in [4.69, 9.17) is 0 Å². The van der Waals surface area contributed by atoms with E-state index in [1.165, 1.54) is 4.40 Å². The maximum Gasteiger partial charge on any atom is 0.275 e. The Kier molecular flexibility index (Phi) is 3.17. The van der Waals surface area contributed by atoms with Gasteiger partial charge in [-0.2, -0.15) is 4.39 Å². The van der Waals surface area contributed by atoms with Gasteiger partial charge in [-0.1, -0.05) is 6.07 Å². The van der Waals surface area contributed by atoms with E-state index < -0.39 is 11.9 Å². The third-order valence-electron chi connectivity index (χ3n) is 3.33. The summed E-state index contributed by atoms with van der Waals surface area (Å²) in [5, 5.41) is 2.63. The monoisotopic (exact) mass is 287 g/mol. The van der Waals surface area contributed by atoms with Gasteiger partial charge in [0.1, 0.15) is 11.5 Å². The molecule has 1 N–H and O–H groups in total. The molecule has 0 aromatic carbocycles. The maximum absolute atomic E-state index is 14.2. The number of aromatic nitrogens is 4. The number of halogens is 1. The van der Waals surface area contributed by atoms with Crippen LogP contribution < -0.4 is 5.32 Å². The van der Waals surface area contributed by atoms with E-state index in [9.17, 15) is 9.18 Å². The number of imidazole rings is 2. The van der Waals surface area contributed by atoms with Crippen LogP contribution in [0.15, 0.2) is 30.7 Å². The van der Waals surface area contributed by atoms with Crippen molar-refractivity contribution in [1.82, 2.24) is 24.3 Å². The molecule has 3 rings (SSSR count). The molecule has 0 saturated carbocycles. The Balaban J connectivity index is 1.86. The first-order chi connectivity index (χ1) is 10.1. The van der Waals surface area contributed by atoms with Crippen LogP contribution in [-0.2, 0) is 13.6 Å². The number of nitrogens with one attached hydrogen (secondary N) is 1. The maximum atomic E-state index is 14.2. The second-order valence-corrected chi connectivity index (χ2v) is 4.77. The van der Waals surface area contributed by atoms with Crippen LogP contribution in [0.3, 0.4) is 0 Å². The minimum absolute atomic E-state index is 0.210. The number of fused-ring (bicyclic) bond motifs is 1. The molecule has 3 aromatic heterocycles. The Hall–Kier alpha value is -2.70. The van der Waals surface area contributed by atoms with Gasteiger partial charge in [0.2, 0.25) is 5.95 Å². The first-order valence-corrected chi connectivity index (χ1v) is 6.45. The fourth-order valence-corrected chi connectivity index (χ4v) is 2.13. The Labute approximate surface area is 120 Å². The highest BCUT2D eigenvalue weighted by molar-refractivity contribution is 5.93. The van der Waals surface area contributed by atoms with E-state index >= 15 is 0 Å². The number of carbonyl (C=O) groups is 1. The molecule has 0 aliphatic carbocycles. The van der Waals surface area contributed by atoms with Gasteiger partial charge in [-0.3, -0.25) is 9.20 Å². The fourth-order valence-electron chi connectivity index (χ4n) is 2.13. The molecule has 1 amide bonds. The van der Waals surface area contributed by atoms with Crippen molar-refractivity contribution in [2.75, 3.05) is 0 Å². The molecular formula is C14H14FN5O. The van der Waals surface area contributed by atoms with Crippen molar-refractivity contribution >= 4 is 11.6 Å². The number of carbonyl (C=O) groups excluding carboxylic acids is 1. The van der Waals surface area contributed by atoms with Crippen LogP contribution in [0.4, 0.5) is 4.39 Å². The highest BCUT2D eigenvalue weighted by atomic mass is 19.1. The molecule has 7 heteroatoms. The summed E-state index contributed by atoms with van der Waals surface area (Å²) in [5.41, 5.74) is 1.04. The summed E-state index contributed by atoms with van der Waals surface area (Å²) in [6.45, 7) is 2.03. The minimum atomic E-state index is -0.661. The lowest BCUT2D eigenvalue weighted by molar-refractivity contribution is 0.0940. The first-order valence-electron chi connectivity index (χ1n) is 6.45. The number of hydrogen-bond acceptors (Lipinski definition) is 3. The molecule has 6 nitrogen and oxygen atoms in total. The molecule has 0 aliphatic rings. The van der Waals surface area contributed by atoms with Crippen LogP contribution in [0.5, 0.6) is 0 Å². The Morgan fingerprint density at radius 1 is 1.43 bits per heavy atom. The Morgan fingerprint density at radius 3 is 2.90 bits per heavy atom. The Morgan fingerprint density at radius 2 is 2.24 bits per heavy atom. The van der Waals surface area contributed by atoms with Crippen molar-refractivity contribution in [2.45, 2.75) is 13.5 Å². The lowest BCUT2D eigenvalue weighted by Gasteiger charge is -2.03. The Bertz CT molecular complexity index is 820. The van der Waals surface area contributed by atoms with Gasteiger partial charge >= 0.3 is 0 Å². The van der Waals surface area contributed by atoms with Crippen LogP contribution >= 0.6 is 0 Å². The number of nitrogens with zero attached hydrogens (tertiary/aromatic N) is 4. The van der Waals surface area contributed by atoms with Crippen LogP contribution in [0, 0.1) is 12.9 Å².